The highest BCUT2D eigenvalue weighted by molar-refractivity contribution is 5.85. The Labute approximate surface area is 98.9 Å². The fourth-order valence-electron chi connectivity index (χ4n) is 2.03. The largest absolute Gasteiger partial charge is 0.507 e. The Morgan fingerprint density at radius 1 is 1.53 bits per heavy atom. The maximum absolute atomic E-state index is 11.0. The summed E-state index contributed by atoms with van der Waals surface area (Å²) in [6.45, 7) is 0.508. The molecule has 1 heterocycles. The second kappa shape index (κ2) is 4.73. The van der Waals surface area contributed by atoms with Crippen molar-refractivity contribution < 1.29 is 24.1 Å². The number of fused-ring (bicyclic) bond motifs is 1. The minimum Gasteiger partial charge on any atom is -0.507 e. The van der Waals surface area contributed by atoms with Gasteiger partial charge in [0, 0.05) is 7.11 Å². The van der Waals surface area contributed by atoms with Crippen molar-refractivity contribution in [2.75, 3.05) is 20.8 Å². The second-order valence-corrected chi connectivity index (χ2v) is 3.72. The molecule has 0 bridgehead atoms. The van der Waals surface area contributed by atoms with Gasteiger partial charge in [0.2, 0.25) is 0 Å². The monoisotopic (exact) mass is 238 g/mol. The first-order valence-corrected chi connectivity index (χ1v) is 5.25. The van der Waals surface area contributed by atoms with Gasteiger partial charge in [-0.25, -0.2) is 0 Å². The number of rotatable bonds is 3. The normalized spacial score (nSPS) is 18.6. The van der Waals surface area contributed by atoms with Crippen LogP contribution in [0.4, 0.5) is 0 Å². The van der Waals surface area contributed by atoms with Crippen LogP contribution in [0, 0.1) is 0 Å². The van der Waals surface area contributed by atoms with Crippen LogP contribution < -0.4 is 4.74 Å². The van der Waals surface area contributed by atoms with Crippen LogP contribution in [0.1, 0.15) is 27.8 Å². The average Bonchev–Trinajstić information content (AvgIpc) is 2.37. The van der Waals surface area contributed by atoms with Gasteiger partial charge >= 0.3 is 0 Å². The number of benzene rings is 1. The van der Waals surface area contributed by atoms with Gasteiger partial charge in [-0.15, -0.1) is 0 Å². The van der Waals surface area contributed by atoms with Crippen molar-refractivity contribution in [1.82, 2.24) is 0 Å². The van der Waals surface area contributed by atoms with Crippen molar-refractivity contribution in [2.24, 2.45) is 0 Å². The first-order chi connectivity index (χ1) is 8.22. The lowest BCUT2D eigenvalue weighted by molar-refractivity contribution is -0.135. The van der Waals surface area contributed by atoms with Gasteiger partial charge in [0.25, 0.3) is 0 Å². The number of aldehydes is 1. The third-order valence-electron chi connectivity index (χ3n) is 2.86. The Hall–Kier alpha value is -1.59. The molecule has 0 radical (unpaired) electrons. The fraction of sp³-hybridized carbons (Fsp3) is 0.417. The Morgan fingerprint density at radius 2 is 2.29 bits per heavy atom. The molecule has 0 saturated carbocycles. The highest BCUT2D eigenvalue weighted by atomic mass is 16.7. The summed E-state index contributed by atoms with van der Waals surface area (Å²) in [6, 6.07) is 1.74. The Balaban J connectivity index is 2.63. The summed E-state index contributed by atoms with van der Waals surface area (Å²) in [5.41, 5.74) is 1.52. The maximum atomic E-state index is 11.0. The summed E-state index contributed by atoms with van der Waals surface area (Å²) in [5, 5.41) is 10.1. The van der Waals surface area contributed by atoms with Crippen LogP contribution in [0.15, 0.2) is 6.07 Å². The Bertz CT molecular complexity index is 441. The van der Waals surface area contributed by atoms with Crippen molar-refractivity contribution >= 4 is 6.29 Å². The maximum Gasteiger partial charge on any atom is 0.187 e. The number of methoxy groups -OCH3 is 2. The van der Waals surface area contributed by atoms with Crippen molar-refractivity contribution in [1.29, 1.82) is 0 Å². The zero-order valence-corrected chi connectivity index (χ0v) is 9.73. The number of hydrogen-bond donors (Lipinski definition) is 1. The Morgan fingerprint density at radius 3 is 2.88 bits per heavy atom. The molecule has 0 saturated heterocycles. The van der Waals surface area contributed by atoms with Crippen molar-refractivity contribution in [2.45, 2.75) is 12.7 Å². The Kier molecular flexibility index (Phi) is 3.31. The molecule has 0 fully saturated rings. The highest BCUT2D eigenvalue weighted by Gasteiger charge is 2.28. The lowest BCUT2D eigenvalue weighted by atomic mass is 9.97. The van der Waals surface area contributed by atoms with Crippen LogP contribution in [-0.4, -0.2) is 32.2 Å². The van der Waals surface area contributed by atoms with Crippen LogP contribution in [0.5, 0.6) is 11.5 Å². The van der Waals surface area contributed by atoms with Gasteiger partial charge in [-0.05, 0) is 18.1 Å². The van der Waals surface area contributed by atoms with Crippen molar-refractivity contribution in [3.63, 3.8) is 0 Å². The third-order valence-corrected chi connectivity index (χ3v) is 2.86. The topological polar surface area (TPSA) is 65.0 Å². The van der Waals surface area contributed by atoms with E-state index in [0.29, 0.717) is 30.6 Å². The van der Waals surface area contributed by atoms with Crippen LogP contribution >= 0.6 is 0 Å². The number of phenols is 1. The summed E-state index contributed by atoms with van der Waals surface area (Å²) >= 11 is 0. The first kappa shape index (κ1) is 11.9. The minimum absolute atomic E-state index is 0.124. The predicted octanol–water partition coefficient (Wildman–Crippen LogP) is 1.43. The van der Waals surface area contributed by atoms with E-state index in [2.05, 4.69) is 0 Å². The van der Waals surface area contributed by atoms with Crippen molar-refractivity contribution in [3.8, 4) is 11.5 Å². The smallest absolute Gasteiger partial charge is 0.187 e. The molecule has 2 rings (SSSR count). The summed E-state index contributed by atoms with van der Waals surface area (Å²) in [7, 11) is 2.95. The number of phenolic OH excluding ortho intramolecular Hbond substituents is 1. The van der Waals surface area contributed by atoms with Gasteiger partial charge in [-0.3, -0.25) is 4.79 Å². The molecule has 17 heavy (non-hydrogen) atoms. The van der Waals surface area contributed by atoms with E-state index < -0.39 is 6.29 Å². The number of carbonyl (C=O) groups excluding carboxylic acids is 1. The SMILES string of the molecule is COc1cc2c(c(O)c1C=O)C(OC)OCC2. The van der Waals surface area contributed by atoms with Crippen LogP contribution in [0.3, 0.4) is 0 Å². The van der Waals surface area contributed by atoms with Crippen molar-refractivity contribution in [3.05, 3.63) is 22.8 Å². The molecule has 92 valence electrons. The van der Waals surface area contributed by atoms with E-state index in [0.717, 1.165) is 5.56 Å². The molecule has 5 heteroatoms. The van der Waals surface area contributed by atoms with E-state index in [1.54, 1.807) is 6.07 Å². The fourth-order valence-corrected chi connectivity index (χ4v) is 2.03. The van der Waals surface area contributed by atoms with E-state index in [9.17, 15) is 9.90 Å². The molecule has 1 aromatic carbocycles. The standard InChI is InChI=1S/C12H14O5/c1-15-9-5-7-3-4-17-12(16-2)10(7)11(14)8(9)6-13/h5-6,12,14H,3-4H2,1-2H3. The molecule has 5 nitrogen and oxygen atoms in total. The highest BCUT2D eigenvalue weighted by Crippen LogP contribution is 2.40. The number of hydrogen-bond acceptors (Lipinski definition) is 5. The van der Waals surface area contributed by atoms with Gasteiger partial charge in [0.15, 0.2) is 12.6 Å². The molecule has 1 atom stereocenters. The zero-order chi connectivity index (χ0) is 12.4. The minimum atomic E-state index is -0.636. The van der Waals surface area contributed by atoms with Gasteiger partial charge < -0.3 is 19.3 Å². The quantitative estimate of drug-likeness (QED) is 0.807. The molecule has 1 aliphatic heterocycles. The number of aromatic hydroxyl groups is 1. The zero-order valence-electron chi connectivity index (χ0n) is 9.73. The average molecular weight is 238 g/mol. The van der Waals surface area contributed by atoms with Crippen LogP contribution in [0.25, 0.3) is 0 Å². The third kappa shape index (κ3) is 1.87. The van der Waals surface area contributed by atoms with E-state index in [4.69, 9.17) is 14.2 Å². The summed E-state index contributed by atoms with van der Waals surface area (Å²) in [6.07, 6.45) is 0.581. The van der Waals surface area contributed by atoms with Crippen LogP contribution in [-0.2, 0) is 15.9 Å². The summed E-state index contributed by atoms with van der Waals surface area (Å²) in [4.78, 5) is 11.0. The molecule has 0 aromatic heterocycles. The molecule has 0 spiro atoms. The molecular weight excluding hydrogens is 224 g/mol. The molecule has 0 amide bonds. The van der Waals surface area contributed by atoms with Gasteiger partial charge in [-0.1, -0.05) is 0 Å². The number of ether oxygens (including phenoxy) is 3. The van der Waals surface area contributed by atoms with Gasteiger partial charge in [0.05, 0.1) is 24.8 Å². The molecular formula is C12H14O5. The van der Waals surface area contributed by atoms with E-state index >= 15 is 0 Å². The van der Waals surface area contributed by atoms with Crippen LogP contribution in [0.2, 0.25) is 0 Å². The van der Waals surface area contributed by atoms with E-state index in [-0.39, 0.29) is 11.3 Å². The summed E-state index contributed by atoms with van der Waals surface area (Å²) in [5.74, 6) is 0.244. The lowest BCUT2D eigenvalue weighted by Crippen LogP contribution is -2.18. The second-order valence-electron chi connectivity index (χ2n) is 3.72. The number of carbonyl (C=O) groups is 1. The van der Waals surface area contributed by atoms with Gasteiger partial charge in [-0.2, -0.15) is 0 Å². The molecule has 1 aliphatic rings. The molecule has 0 aliphatic carbocycles. The summed E-state index contributed by atoms with van der Waals surface area (Å²) < 4.78 is 15.6. The van der Waals surface area contributed by atoms with Gasteiger partial charge in [0.1, 0.15) is 11.5 Å². The molecule has 1 N–H and O–H groups in total. The molecule has 1 unspecified atom stereocenters. The van der Waals surface area contributed by atoms with E-state index in [1.807, 2.05) is 0 Å². The lowest BCUT2D eigenvalue weighted by Gasteiger charge is -2.26. The molecule has 1 aromatic rings. The van der Waals surface area contributed by atoms with E-state index in [1.165, 1.54) is 14.2 Å². The first-order valence-electron chi connectivity index (χ1n) is 5.25. The predicted molar refractivity (Wildman–Crippen MR) is 59.5 cm³/mol.